The summed E-state index contributed by atoms with van der Waals surface area (Å²) in [7, 11) is 0. The van der Waals surface area contributed by atoms with Gasteiger partial charge in [-0.3, -0.25) is 0 Å². The van der Waals surface area contributed by atoms with E-state index in [1.807, 2.05) is 0 Å². The van der Waals surface area contributed by atoms with Crippen LogP contribution < -0.4 is 0 Å². The van der Waals surface area contributed by atoms with Crippen molar-refractivity contribution in [3.05, 3.63) is 40.7 Å². The first kappa shape index (κ1) is 11.7. The Bertz CT molecular complexity index is 539. The van der Waals surface area contributed by atoms with Crippen LogP contribution in [0.15, 0.2) is 35.7 Å². The van der Waals surface area contributed by atoms with Gasteiger partial charge in [-0.25, -0.2) is 9.78 Å². The maximum atomic E-state index is 13.2. The zero-order valence-corrected chi connectivity index (χ0v) is 9.25. The summed E-state index contributed by atoms with van der Waals surface area (Å²) in [5.74, 6) is -6.12. The minimum Gasteiger partial charge on any atom is -0.476 e. The third kappa shape index (κ3) is 2.16. The first-order valence-corrected chi connectivity index (χ1v) is 5.52. The number of halogens is 2. The summed E-state index contributed by atoms with van der Waals surface area (Å²) in [6, 6.07) is 8.74. The molecular weight excluding hydrogens is 248 g/mol. The monoisotopic (exact) mass is 255 g/mol. The predicted molar refractivity (Wildman–Crippen MR) is 59.1 cm³/mol. The number of aliphatic carboxylic acids is 1. The van der Waals surface area contributed by atoms with E-state index in [9.17, 15) is 13.6 Å². The van der Waals surface area contributed by atoms with Crippen molar-refractivity contribution < 1.29 is 18.7 Å². The zero-order chi connectivity index (χ0) is 12.5. The molecule has 0 aliphatic carbocycles. The molecule has 1 aromatic heterocycles. The summed E-state index contributed by atoms with van der Waals surface area (Å²) in [5, 5.41) is 9.10. The van der Waals surface area contributed by atoms with E-state index in [0.29, 0.717) is 22.6 Å². The van der Waals surface area contributed by atoms with Gasteiger partial charge in [0, 0.05) is 10.9 Å². The molecule has 0 atom stereocenters. The normalized spacial score (nSPS) is 11.4. The summed E-state index contributed by atoms with van der Waals surface area (Å²) in [4.78, 5) is 14.0. The van der Waals surface area contributed by atoms with Crippen LogP contribution >= 0.6 is 11.3 Å². The Kier molecular flexibility index (Phi) is 2.89. The predicted octanol–water partition coefficient (Wildman–Crippen LogP) is 2.99. The molecule has 2 aromatic rings. The van der Waals surface area contributed by atoms with Crippen LogP contribution in [0.5, 0.6) is 0 Å². The number of alkyl halides is 2. The highest BCUT2D eigenvalue weighted by atomic mass is 32.1. The molecule has 0 saturated heterocycles. The highest BCUT2D eigenvalue weighted by Crippen LogP contribution is 2.33. The molecule has 0 unspecified atom stereocenters. The highest BCUT2D eigenvalue weighted by Gasteiger charge is 2.44. The standard InChI is InChI=1S/C11H7F2NO2S/c12-11(13,10(15)16)9-14-8(6-17-9)7-4-2-1-3-5-7/h1-6H,(H,15,16). The van der Waals surface area contributed by atoms with Gasteiger partial charge in [0.1, 0.15) is 0 Å². The quantitative estimate of drug-likeness (QED) is 0.917. The second kappa shape index (κ2) is 4.21. The van der Waals surface area contributed by atoms with E-state index in [1.54, 1.807) is 30.3 Å². The van der Waals surface area contributed by atoms with Crippen molar-refractivity contribution in [2.75, 3.05) is 0 Å². The van der Waals surface area contributed by atoms with Gasteiger partial charge in [0.05, 0.1) is 5.69 Å². The topological polar surface area (TPSA) is 50.2 Å². The number of carboxylic acids is 1. The molecule has 0 radical (unpaired) electrons. The van der Waals surface area contributed by atoms with Crippen molar-refractivity contribution in [1.29, 1.82) is 0 Å². The van der Waals surface area contributed by atoms with Gasteiger partial charge in [-0.15, -0.1) is 11.3 Å². The molecule has 0 aliphatic rings. The Hall–Kier alpha value is -1.82. The van der Waals surface area contributed by atoms with Gasteiger partial charge >= 0.3 is 11.9 Å². The summed E-state index contributed by atoms with van der Waals surface area (Å²) in [6.07, 6.45) is 0. The fraction of sp³-hybridized carbons (Fsp3) is 0.0909. The van der Waals surface area contributed by atoms with Crippen molar-refractivity contribution in [3.63, 3.8) is 0 Å². The van der Waals surface area contributed by atoms with Crippen molar-refractivity contribution in [3.8, 4) is 11.3 Å². The van der Waals surface area contributed by atoms with Crippen molar-refractivity contribution in [1.82, 2.24) is 4.98 Å². The Labute approximate surface area is 99.4 Å². The van der Waals surface area contributed by atoms with Crippen LogP contribution in [0.2, 0.25) is 0 Å². The second-order valence-corrected chi connectivity index (χ2v) is 4.14. The molecule has 2 rings (SSSR count). The van der Waals surface area contributed by atoms with Gasteiger partial charge in [-0.2, -0.15) is 8.78 Å². The van der Waals surface area contributed by atoms with E-state index < -0.39 is 16.9 Å². The Morgan fingerprint density at radius 3 is 2.53 bits per heavy atom. The second-order valence-electron chi connectivity index (χ2n) is 3.28. The van der Waals surface area contributed by atoms with Gasteiger partial charge in [-0.1, -0.05) is 30.3 Å². The van der Waals surface area contributed by atoms with Crippen LogP contribution in [0.25, 0.3) is 11.3 Å². The first-order chi connectivity index (χ1) is 8.01. The average Bonchev–Trinajstić information content (AvgIpc) is 2.80. The van der Waals surface area contributed by atoms with Crippen LogP contribution in [0, 0.1) is 0 Å². The molecular formula is C11H7F2NO2S. The third-order valence-corrected chi connectivity index (χ3v) is 3.02. The van der Waals surface area contributed by atoms with E-state index in [-0.39, 0.29) is 0 Å². The van der Waals surface area contributed by atoms with E-state index in [0.717, 1.165) is 0 Å². The minimum absolute atomic E-state index is 0.353. The fourth-order valence-corrected chi connectivity index (χ4v) is 2.05. The van der Waals surface area contributed by atoms with Crippen LogP contribution in [0.3, 0.4) is 0 Å². The molecule has 0 bridgehead atoms. The van der Waals surface area contributed by atoms with Crippen molar-refractivity contribution in [2.45, 2.75) is 5.92 Å². The molecule has 17 heavy (non-hydrogen) atoms. The van der Waals surface area contributed by atoms with Crippen molar-refractivity contribution >= 4 is 17.3 Å². The number of carboxylic acid groups (broad SMARTS) is 1. The van der Waals surface area contributed by atoms with E-state index >= 15 is 0 Å². The third-order valence-electron chi connectivity index (χ3n) is 2.11. The molecule has 1 aromatic carbocycles. The lowest BCUT2D eigenvalue weighted by molar-refractivity contribution is -0.166. The smallest absolute Gasteiger partial charge is 0.393 e. The number of benzene rings is 1. The van der Waals surface area contributed by atoms with Gasteiger partial charge in [0.2, 0.25) is 0 Å². The molecule has 88 valence electrons. The first-order valence-electron chi connectivity index (χ1n) is 4.64. The van der Waals surface area contributed by atoms with Gasteiger partial charge in [-0.05, 0) is 0 Å². The lowest BCUT2D eigenvalue weighted by Crippen LogP contribution is -2.25. The molecule has 0 amide bonds. The fourth-order valence-electron chi connectivity index (χ4n) is 1.25. The molecule has 0 spiro atoms. The van der Waals surface area contributed by atoms with E-state index in [1.165, 1.54) is 5.38 Å². The molecule has 6 heteroatoms. The Morgan fingerprint density at radius 2 is 1.94 bits per heavy atom. The van der Waals surface area contributed by atoms with Crippen LogP contribution in [0.1, 0.15) is 5.01 Å². The number of aromatic nitrogens is 1. The summed E-state index contributed by atoms with van der Waals surface area (Å²) in [5.41, 5.74) is 1.03. The van der Waals surface area contributed by atoms with Crippen LogP contribution in [-0.2, 0) is 10.7 Å². The van der Waals surface area contributed by atoms with E-state index in [4.69, 9.17) is 5.11 Å². The number of hydrogen-bond acceptors (Lipinski definition) is 3. The largest absolute Gasteiger partial charge is 0.476 e. The Morgan fingerprint density at radius 1 is 1.29 bits per heavy atom. The number of nitrogens with zero attached hydrogens (tertiary/aromatic N) is 1. The Balaban J connectivity index is 2.38. The highest BCUT2D eigenvalue weighted by molar-refractivity contribution is 7.10. The molecule has 0 fully saturated rings. The maximum Gasteiger partial charge on any atom is 0.393 e. The lowest BCUT2D eigenvalue weighted by Gasteiger charge is -2.06. The molecule has 1 heterocycles. The van der Waals surface area contributed by atoms with E-state index in [2.05, 4.69) is 4.98 Å². The zero-order valence-electron chi connectivity index (χ0n) is 8.43. The number of hydrogen-bond donors (Lipinski definition) is 1. The lowest BCUT2D eigenvalue weighted by atomic mass is 10.2. The molecule has 3 nitrogen and oxygen atoms in total. The van der Waals surface area contributed by atoms with Gasteiger partial charge in [0.25, 0.3) is 0 Å². The summed E-state index contributed by atoms with van der Waals surface area (Å²) in [6.45, 7) is 0. The van der Waals surface area contributed by atoms with Crippen LogP contribution in [0.4, 0.5) is 8.78 Å². The molecule has 0 aliphatic heterocycles. The maximum absolute atomic E-state index is 13.2. The van der Waals surface area contributed by atoms with Gasteiger partial charge in [0.15, 0.2) is 5.01 Å². The average molecular weight is 255 g/mol. The number of carbonyl (C=O) groups is 1. The molecule has 0 saturated carbocycles. The SMILES string of the molecule is O=C(O)C(F)(F)c1nc(-c2ccccc2)cs1. The van der Waals surface area contributed by atoms with Crippen LogP contribution in [-0.4, -0.2) is 16.1 Å². The minimum atomic E-state index is -3.93. The number of rotatable bonds is 3. The summed E-state index contributed by atoms with van der Waals surface area (Å²) < 4.78 is 26.3. The van der Waals surface area contributed by atoms with Crippen molar-refractivity contribution in [2.24, 2.45) is 0 Å². The molecule has 1 N–H and O–H groups in total. The van der Waals surface area contributed by atoms with Gasteiger partial charge < -0.3 is 5.11 Å². The summed E-state index contributed by atoms with van der Waals surface area (Å²) >= 11 is 0.638. The number of thiazole rings is 1.